The number of unbranched alkanes of at least 4 members (excludes halogenated alkanes) is 1. The summed E-state index contributed by atoms with van der Waals surface area (Å²) in [5, 5.41) is 9.21. The topological polar surface area (TPSA) is 40.5 Å². The summed E-state index contributed by atoms with van der Waals surface area (Å²) in [6, 6.07) is 0.322. The molecule has 1 atom stereocenters. The molecule has 0 spiro atoms. The van der Waals surface area contributed by atoms with Crippen molar-refractivity contribution in [2.75, 3.05) is 6.54 Å². The molecule has 0 aromatic heterocycles. The van der Waals surface area contributed by atoms with E-state index in [1.807, 2.05) is 0 Å². The van der Waals surface area contributed by atoms with E-state index in [0.717, 1.165) is 25.8 Å². The molecule has 15 heavy (non-hydrogen) atoms. The molecule has 0 aromatic rings. The highest BCUT2D eigenvalue weighted by atomic mass is 16.4. The van der Waals surface area contributed by atoms with Crippen molar-refractivity contribution in [1.29, 1.82) is 0 Å². The number of carboxylic acid groups (broad SMARTS) is 1. The molecule has 90 valence electrons. The quantitative estimate of drug-likeness (QED) is 0.710. The maximum absolute atomic E-state index is 11.2. The van der Waals surface area contributed by atoms with Crippen LogP contribution in [0.3, 0.4) is 0 Å². The Balaban J connectivity index is 4.67. The van der Waals surface area contributed by atoms with Gasteiger partial charge in [-0.05, 0) is 40.2 Å². The second-order valence-electron chi connectivity index (χ2n) is 4.67. The van der Waals surface area contributed by atoms with Gasteiger partial charge in [0.15, 0.2) is 0 Å². The summed E-state index contributed by atoms with van der Waals surface area (Å²) >= 11 is 0. The van der Waals surface area contributed by atoms with Gasteiger partial charge in [-0.1, -0.05) is 20.3 Å². The monoisotopic (exact) mass is 215 g/mol. The summed E-state index contributed by atoms with van der Waals surface area (Å²) < 4.78 is 0. The first kappa shape index (κ1) is 14.4. The van der Waals surface area contributed by atoms with Gasteiger partial charge < -0.3 is 5.11 Å². The maximum Gasteiger partial charge on any atom is 0.323 e. The molecule has 0 aliphatic heterocycles. The van der Waals surface area contributed by atoms with Crippen molar-refractivity contribution >= 4 is 5.97 Å². The van der Waals surface area contributed by atoms with Crippen molar-refractivity contribution < 1.29 is 9.90 Å². The molecule has 0 bridgehead atoms. The average molecular weight is 215 g/mol. The minimum Gasteiger partial charge on any atom is -0.480 e. The fraction of sp³-hybridized carbons (Fsp3) is 0.917. The van der Waals surface area contributed by atoms with Gasteiger partial charge in [-0.3, -0.25) is 9.69 Å². The molecule has 3 heteroatoms. The summed E-state index contributed by atoms with van der Waals surface area (Å²) in [6.07, 6.45) is 3.14. The van der Waals surface area contributed by atoms with E-state index in [9.17, 15) is 9.90 Å². The van der Waals surface area contributed by atoms with Gasteiger partial charge in [0.05, 0.1) is 0 Å². The number of carbonyl (C=O) groups is 1. The van der Waals surface area contributed by atoms with E-state index in [0.29, 0.717) is 6.04 Å². The number of hydrogen-bond donors (Lipinski definition) is 1. The molecule has 0 rings (SSSR count). The molecule has 0 aliphatic carbocycles. The van der Waals surface area contributed by atoms with Crippen LogP contribution in [0.2, 0.25) is 0 Å². The Morgan fingerprint density at radius 2 is 1.93 bits per heavy atom. The molecule has 0 aromatic carbocycles. The van der Waals surface area contributed by atoms with E-state index in [1.165, 1.54) is 0 Å². The molecule has 0 radical (unpaired) electrons. The molecule has 0 fully saturated rings. The SMILES string of the molecule is CCCCN(C(C)CC)C(C)(C)C(=O)O. The summed E-state index contributed by atoms with van der Waals surface area (Å²) in [5.74, 6) is -0.737. The molecular formula is C12H25NO2. The van der Waals surface area contributed by atoms with Crippen LogP contribution in [-0.4, -0.2) is 34.1 Å². The summed E-state index contributed by atoms with van der Waals surface area (Å²) in [5.41, 5.74) is -0.759. The van der Waals surface area contributed by atoms with E-state index in [2.05, 4.69) is 25.7 Å². The highest BCUT2D eigenvalue weighted by Crippen LogP contribution is 2.20. The molecule has 1 N–H and O–H groups in total. The van der Waals surface area contributed by atoms with E-state index in [4.69, 9.17) is 0 Å². The van der Waals surface area contributed by atoms with Gasteiger partial charge in [0.2, 0.25) is 0 Å². The van der Waals surface area contributed by atoms with Crippen molar-refractivity contribution in [3.05, 3.63) is 0 Å². The fourth-order valence-corrected chi connectivity index (χ4v) is 1.72. The summed E-state index contributed by atoms with van der Waals surface area (Å²) in [7, 11) is 0. The lowest BCUT2D eigenvalue weighted by molar-refractivity contribution is -0.151. The van der Waals surface area contributed by atoms with Crippen molar-refractivity contribution in [2.45, 2.75) is 65.5 Å². The smallest absolute Gasteiger partial charge is 0.323 e. The largest absolute Gasteiger partial charge is 0.480 e. The second-order valence-corrected chi connectivity index (χ2v) is 4.67. The second kappa shape index (κ2) is 6.11. The normalized spacial score (nSPS) is 14.3. The van der Waals surface area contributed by atoms with E-state index < -0.39 is 11.5 Å². The fourth-order valence-electron chi connectivity index (χ4n) is 1.72. The Bertz CT molecular complexity index is 202. The van der Waals surface area contributed by atoms with Gasteiger partial charge in [0, 0.05) is 6.04 Å². The van der Waals surface area contributed by atoms with E-state index >= 15 is 0 Å². The zero-order valence-corrected chi connectivity index (χ0v) is 10.7. The number of hydrogen-bond acceptors (Lipinski definition) is 2. The average Bonchev–Trinajstić information content (AvgIpc) is 2.17. The summed E-state index contributed by atoms with van der Waals surface area (Å²) in [4.78, 5) is 13.3. The zero-order chi connectivity index (χ0) is 12.1. The van der Waals surface area contributed by atoms with Gasteiger partial charge in [-0.15, -0.1) is 0 Å². The van der Waals surface area contributed by atoms with Crippen LogP contribution in [0.5, 0.6) is 0 Å². The highest BCUT2D eigenvalue weighted by molar-refractivity contribution is 5.77. The van der Waals surface area contributed by atoms with Gasteiger partial charge in [-0.25, -0.2) is 0 Å². The minimum atomic E-state index is -0.759. The minimum absolute atomic E-state index is 0.322. The van der Waals surface area contributed by atoms with Crippen LogP contribution in [0.1, 0.15) is 53.9 Å². The maximum atomic E-state index is 11.2. The standard InChI is InChI=1S/C12H25NO2/c1-6-8-9-13(10(3)7-2)12(4,5)11(14)15/h10H,6-9H2,1-5H3,(H,14,15). The van der Waals surface area contributed by atoms with Crippen LogP contribution in [0.15, 0.2) is 0 Å². The molecule has 3 nitrogen and oxygen atoms in total. The van der Waals surface area contributed by atoms with E-state index in [1.54, 1.807) is 13.8 Å². The number of nitrogens with zero attached hydrogens (tertiary/aromatic N) is 1. The van der Waals surface area contributed by atoms with Crippen LogP contribution in [0, 0.1) is 0 Å². The molecule has 0 saturated carbocycles. The van der Waals surface area contributed by atoms with Crippen molar-refractivity contribution in [3.63, 3.8) is 0 Å². The number of rotatable bonds is 7. The highest BCUT2D eigenvalue weighted by Gasteiger charge is 2.36. The lowest BCUT2D eigenvalue weighted by atomic mass is 9.99. The predicted molar refractivity (Wildman–Crippen MR) is 63.1 cm³/mol. The number of carboxylic acids is 1. The summed E-state index contributed by atoms with van der Waals surface area (Å²) in [6.45, 7) is 10.8. The first-order valence-corrected chi connectivity index (χ1v) is 5.88. The van der Waals surface area contributed by atoms with Crippen LogP contribution in [-0.2, 0) is 4.79 Å². The van der Waals surface area contributed by atoms with Gasteiger partial charge >= 0.3 is 5.97 Å². The Kier molecular flexibility index (Phi) is 5.88. The molecule has 0 aliphatic rings. The Morgan fingerprint density at radius 3 is 2.27 bits per heavy atom. The lowest BCUT2D eigenvalue weighted by Gasteiger charge is -2.39. The zero-order valence-electron chi connectivity index (χ0n) is 10.7. The van der Waals surface area contributed by atoms with Crippen LogP contribution < -0.4 is 0 Å². The Labute approximate surface area is 93.5 Å². The van der Waals surface area contributed by atoms with Crippen molar-refractivity contribution in [2.24, 2.45) is 0 Å². The van der Waals surface area contributed by atoms with Crippen LogP contribution in [0.4, 0.5) is 0 Å². The first-order valence-electron chi connectivity index (χ1n) is 5.88. The Morgan fingerprint density at radius 1 is 1.40 bits per heavy atom. The van der Waals surface area contributed by atoms with Gasteiger partial charge in [0.1, 0.15) is 5.54 Å². The third kappa shape index (κ3) is 3.82. The molecule has 0 amide bonds. The predicted octanol–water partition coefficient (Wildman–Crippen LogP) is 2.75. The third-order valence-corrected chi connectivity index (χ3v) is 3.12. The lowest BCUT2D eigenvalue weighted by Crippen LogP contribution is -2.54. The third-order valence-electron chi connectivity index (χ3n) is 3.12. The van der Waals surface area contributed by atoms with Crippen molar-refractivity contribution in [1.82, 2.24) is 4.90 Å². The Hall–Kier alpha value is -0.570. The molecule has 1 unspecified atom stereocenters. The van der Waals surface area contributed by atoms with Crippen molar-refractivity contribution in [3.8, 4) is 0 Å². The van der Waals surface area contributed by atoms with E-state index in [-0.39, 0.29) is 0 Å². The number of aliphatic carboxylic acids is 1. The van der Waals surface area contributed by atoms with Crippen LogP contribution >= 0.6 is 0 Å². The molecule has 0 heterocycles. The van der Waals surface area contributed by atoms with Gasteiger partial charge in [-0.2, -0.15) is 0 Å². The van der Waals surface area contributed by atoms with Gasteiger partial charge in [0.25, 0.3) is 0 Å². The van der Waals surface area contributed by atoms with Crippen LogP contribution in [0.25, 0.3) is 0 Å². The molecule has 0 saturated heterocycles. The molecular weight excluding hydrogens is 190 g/mol. The first-order chi connectivity index (χ1) is 6.87.